The van der Waals surface area contributed by atoms with E-state index in [1.165, 1.54) is 6.07 Å². The molecule has 0 aliphatic rings. The van der Waals surface area contributed by atoms with Gasteiger partial charge >= 0.3 is 0 Å². The molecule has 0 fully saturated rings. The minimum atomic E-state index is -2.76. The molecule has 0 aromatic carbocycles. The van der Waals surface area contributed by atoms with Gasteiger partial charge in [-0.3, -0.25) is 4.79 Å². The second-order valence-electron chi connectivity index (χ2n) is 2.15. The molecule has 1 rings (SSSR count). The van der Waals surface area contributed by atoms with E-state index < -0.39 is 12.1 Å². The number of rotatable bonds is 2. The van der Waals surface area contributed by atoms with Crippen LogP contribution in [0.1, 0.15) is 22.5 Å². The number of carbonyl (C=O) groups is 1. The van der Waals surface area contributed by atoms with E-state index in [2.05, 4.69) is 4.98 Å². The van der Waals surface area contributed by atoms with Gasteiger partial charge in [0.25, 0.3) is 6.43 Å². The van der Waals surface area contributed by atoms with Crippen molar-refractivity contribution >= 4 is 40.5 Å². The van der Waals surface area contributed by atoms with Crippen molar-refractivity contribution in [1.82, 2.24) is 4.98 Å². The number of alkyl halides is 2. The molecule has 6 heteroatoms. The lowest BCUT2D eigenvalue weighted by atomic mass is 10.2. The molecule has 1 aromatic rings. The first-order valence-electron chi connectivity index (χ1n) is 3.15. The van der Waals surface area contributed by atoms with E-state index in [1.807, 2.05) is 0 Å². The zero-order valence-corrected chi connectivity index (χ0v) is 9.01. The molecule has 0 N–H and O–H groups in total. The van der Waals surface area contributed by atoms with Gasteiger partial charge in [-0.2, -0.15) is 0 Å². The number of pyridine rings is 1. The van der Waals surface area contributed by atoms with Gasteiger partial charge < -0.3 is 0 Å². The Labute approximate surface area is 91.4 Å². The summed E-state index contributed by atoms with van der Waals surface area (Å²) in [6.45, 7) is 0. The molecular weight excluding hydrogens is 314 g/mol. The van der Waals surface area contributed by atoms with Crippen LogP contribution in [0.2, 0.25) is 5.02 Å². The van der Waals surface area contributed by atoms with Crippen LogP contribution in [0.5, 0.6) is 0 Å². The summed E-state index contributed by atoms with van der Waals surface area (Å²) in [4.78, 5) is 13.9. The summed E-state index contributed by atoms with van der Waals surface area (Å²) in [5.41, 5.74) is -0.691. The molecule has 1 aromatic heterocycles. The number of halogens is 4. The quantitative estimate of drug-likeness (QED) is 0.477. The third kappa shape index (κ3) is 2.34. The lowest BCUT2D eigenvalue weighted by Crippen LogP contribution is -1.99. The van der Waals surface area contributed by atoms with Gasteiger partial charge in [-0.05, 0) is 28.7 Å². The highest BCUT2D eigenvalue weighted by atomic mass is 127. The maximum Gasteiger partial charge on any atom is 0.281 e. The van der Waals surface area contributed by atoms with E-state index in [1.54, 1.807) is 22.6 Å². The van der Waals surface area contributed by atoms with E-state index in [9.17, 15) is 13.6 Å². The molecule has 0 saturated heterocycles. The van der Waals surface area contributed by atoms with Gasteiger partial charge in [-0.15, -0.1) is 0 Å². The summed E-state index contributed by atoms with van der Waals surface area (Å²) in [7, 11) is 0. The fraction of sp³-hybridized carbons (Fsp3) is 0.143. The van der Waals surface area contributed by atoms with Crippen LogP contribution in [-0.2, 0) is 0 Å². The van der Waals surface area contributed by atoms with Crippen molar-refractivity contribution in [1.29, 1.82) is 0 Å². The molecule has 0 radical (unpaired) electrons. The predicted octanol–water partition coefficient (Wildman–Crippen LogP) is 3.09. The van der Waals surface area contributed by atoms with Crippen LogP contribution in [0.4, 0.5) is 8.78 Å². The number of hydrogen-bond donors (Lipinski definition) is 0. The fourth-order valence-electron chi connectivity index (χ4n) is 0.763. The van der Waals surface area contributed by atoms with Gasteiger partial charge in [0.05, 0.1) is 5.02 Å². The number of aromatic nitrogens is 1. The molecule has 0 bridgehead atoms. The van der Waals surface area contributed by atoms with Gasteiger partial charge in [0, 0.05) is 5.56 Å². The van der Waals surface area contributed by atoms with Crippen LogP contribution in [0.25, 0.3) is 0 Å². The largest absolute Gasteiger partial charge is 0.298 e. The Morgan fingerprint density at radius 1 is 1.62 bits per heavy atom. The maximum absolute atomic E-state index is 12.3. The normalized spacial score (nSPS) is 10.5. The first kappa shape index (κ1) is 10.8. The van der Waals surface area contributed by atoms with Crippen molar-refractivity contribution in [3.05, 3.63) is 26.0 Å². The zero-order chi connectivity index (χ0) is 10.0. The molecule has 0 unspecified atom stereocenters. The van der Waals surface area contributed by atoms with Crippen molar-refractivity contribution in [3.63, 3.8) is 0 Å². The number of nitrogens with zero attached hydrogens (tertiary/aromatic N) is 1. The molecule has 70 valence electrons. The second-order valence-corrected chi connectivity index (χ2v) is 3.58. The Kier molecular flexibility index (Phi) is 3.55. The van der Waals surface area contributed by atoms with Crippen molar-refractivity contribution in [2.75, 3.05) is 0 Å². The molecule has 0 amide bonds. The Morgan fingerprint density at radius 3 is 2.69 bits per heavy atom. The number of carbonyl (C=O) groups excluding carboxylic acids is 1. The highest BCUT2D eigenvalue weighted by Gasteiger charge is 2.16. The van der Waals surface area contributed by atoms with Gasteiger partial charge in [0.15, 0.2) is 6.29 Å². The second kappa shape index (κ2) is 4.28. The van der Waals surface area contributed by atoms with Crippen molar-refractivity contribution in [2.24, 2.45) is 0 Å². The van der Waals surface area contributed by atoms with E-state index >= 15 is 0 Å². The monoisotopic (exact) mass is 317 g/mol. The van der Waals surface area contributed by atoms with Crippen LogP contribution < -0.4 is 0 Å². The van der Waals surface area contributed by atoms with Gasteiger partial charge in [-0.1, -0.05) is 11.6 Å². The average molecular weight is 317 g/mol. The Morgan fingerprint density at radius 2 is 2.23 bits per heavy atom. The zero-order valence-electron chi connectivity index (χ0n) is 6.10. The summed E-state index contributed by atoms with van der Waals surface area (Å²) in [6, 6.07) is 1.19. The molecular formula is C7H3ClF2INO. The highest BCUT2D eigenvalue weighted by molar-refractivity contribution is 14.1. The summed E-state index contributed by atoms with van der Waals surface area (Å²) >= 11 is 7.32. The highest BCUT2D eigenvalue weighted by Crippen LogP contribution is 2.25. The summed E-state index contributed by atoms with van der Waals surface area (Å²) in [5, 5.41) is 0.201. The SMILES string of the molecule is O=Cc1cc(Cl)c(I)nc1C(F)F. The van der Waals surface area contributed by atoms with Crippen molar-refractivity contribution < 1.29 is 13.6 Å². The van der Waals surface area contributed by atoms with Crippen LogP contribution in [0.15, 0.2) is 6.07 Å². The Bertz CT molecular complexity index is 346. The molecule has 0 atom stereocenters. The topological polar surface area (TPSA) is 30.0 Å². The van der Waals surface area contributed by atoms with Gasteiger partial charge in [0.1, 0.15) is 9.39 Å². The Balaban J connectivity index is 3.32. The van der Waals surface area contributed by atoms with E-state index in [0.29, 0.717) is 6.29 Å². The predicted molar refractivity (Wildman–Crippen MR) is 52.3 cm³/mol. The summed E-state index contributed by atoms with van der Waals surface area (Å²) < 4.78 is 24.8. The molecule has 2 nitrogen and oxygen atoms in total. The maximum atomic E-state index is 12.3. The summed E-state index contributed by atoms with van der Waals surface area (Å²) in [5.74, 6) is 0. The Hall–Kier alpha value is -0.300. The average Bonchev–Trinajstić information content (AvgIpc) is 2.08. The standard InChI is InChI=1S/C7H3ClF2INO/c8-4-1-3(2-13)5(6(9)10)12-7(4)11/h1-2,6H. The number of hydrogen-bond acceptors (Lipinski definition) is 2. The van der Waals surface area contributed by atoms with E-state index in [0.717, 1.165) is 0 Å². The molecule has 0 aliphatic carbocycles. The molecule has 1 heterocycles. The third-order valence-electron chi connectivity index (χ3n) is 1.33. The van der Waals surface area contributed by atoms with E-state index in [-0.39, 0.29) is 14.3 Å². The lowest BCUT2D eigenvalue weighted by molar-refractivity contribution is 0.110. The lowest BCUT2D eigenvalue weighted by Gasteiger charge is -2.04. The van der Waals surface area contributed by atoms with Crippen LogP contribution in [0.3, 0.4) is 0 Å². The van der Waals surface area contributed by atoms with Gasteiger partial charge in [0.2, 0.25) is 0 Å². The number of aldehydes is 1. The summed E-state index contributed by atoms with van der Waals surface area (Å²) in [6.07, 6.45) is -2.44. The van der Waals surface area contributed by atoms with Gasteiger partial charge in [-0.25, -0.2) is 13.8 Å². The van der Waals surface area contributed by atoms with Crippen LogP contribution >= 0.6 is 34.2 Å². The van der Waals surface area contributed by atoms with Crippen molar-refractivity contribution in [3.8, 4) is 0 Å². The van der Waals surface area contributed by atoms with Crippen molar-refractivity contribution in [2.45, 2.75) is 6.43 Å². The van der Waals surface area contributed by atoms with Crippen LogP contribution in [-0.4, -0.2) is 11.3 Å². The molecule has 0 aliphatic heterocycles. The first-order chi connectivity index (χ1) is 6.06. The minimum Gasteiger partial charge on any atom is -0.298 e. The fourth-order valence-corrected chi connectivity index (χ4v) is 1.34. The molecule has 13 heavy (non-hydrogen) atoms. The smallest absolute Gasteiger partial charge is 0.281 e. The molecule has 0 saturated carbocycles. The molecule has 0 spiro atoms. The van der Waals surface area contributed by atoms with E-state index in [4.69, 9.17) is 11.6 Å². The third-order valence-corrected chi connectivity index (χ3v) is 2.76. The van der Waals surface area contributed by atoms with Crippen LogP contribution in [0, 0.1) is 3.70 Å². The minimum absolute atomic E-state index is 0.166. The first-order valence-corrected chi connectivity index (χ1v) is 4.61.